The van der Waals surface area contributed by atoms with Gasteiger partial charge in [-0.2, -0.15) is 0 Å². The van der Waals surface area contributed by atoms with Gasteiger partial charge in [-0.25, -0.2) is 4.98 Å². The number of aromatic nitrogens is 4. The van der Waals surface area contributed by atoms with Gasteiger partial charge in [0.1, 0.15) is 10.7 Å². The molecule has 0 amide bonds. The minimum atomic E-state index is -0.542. The van der Waals surface area contributed by atoms with Gasteiger partial charge in [-0.1, -0.05) is 5.21 Å². The van der Waals surface area contributed by atoms with Crippen LogP contribution in [-0.4, -0.2) is 43.1 Å². The third-order valence-corrected chi connectivity index (χ3v) is 6.53. The zero-order valence-electron chi connectivity index (χ0n) is 14.9. The van der Waals surface area contributed by atoms with Crippen LogP contribution in [0.15, 0.2) is 6.20 Å². The van der Waals surface area contributed by atoms with Crippen LogP contribution in [0.1, 0.15) is 60.0 Å². The van der Waals surface area contributed by atoms with Crippen molar-refractivity contribution in [2.75, 3.05) is 13.1 Å². The van der Waals surface area contributed by atoms with Gasteiger partial charge in [0, 0.05) is 11.4 Å². The van der Waals surface area contributed by atoms with E-state index < -0.39 is 6.10 Å². The van der Waals surface area contributed by atoms with E-state index in [2.05, 4.69) is 15.2 Å². The second-order valence-electron chi connectivity index (χ2n) is 7.45. The predicted octanol–water partition coefficient (Wildman–Crippen LogP) is 2.58. The number of hydrogen-bond donors (Lipinski definition) is 1. The molecule has 1 N–H and O–H groups in total. The lowest BCUT2D eigenvalue weighted by Gasteiger charge is -2.31. The molecule has 2 aromatic heterocycles. The summed E-state index contributed by atoms with van der Waals surface area (Å²) in [4.78, 5) is 8.96. The molecule has 0 aromatic carbocycles. The van der Waals surface area contributed by atoms with Gasteiger partial charge in [0.2, 0.25) is 0 Å². The van der Waals surface area contributed by atoms with Gasteiger partial charge in [0.05, 0.1) is 24.5 Å². The van der Waals surface area contributed by atoms with Crippen molar-refractivity contribution in [2.45, 2.75) is 64.6 Å². The topological polar surface area (TPSA) is 67.1 Å². The fourth-order valence-corrected chi connectivity index (χ4v) is 5.05. The van der Waals surface area contributed by atoms with Crippen LogP contribution in [0.5, 0.6) is 0 Å². The van der Waals surface area contributed by atoms with E-state index in [4.69, 9.17) is 4.98 Å². The molecule has 4 rings (SSSR count). The highest BCUT2D eigenvalue weighted by molar-refractivity contribution is 7.11. The smallest absolute Gasteiger partial charge is 0.111 e. The summed E-state index contributed by atoms with van der Waals surface area (Å²) in [6.07, 6.45) is 8.77. The minimum absolute atomic E-state index is 0.542. The Morgan fingerprint density at radius 3 is 2.80 bits per heavy atom. The molecular weight excluding hydrogens is 334 g/mol. The maximum atomic E-state index is 9.55. The van der Waals surface area contributed by atoms with E-state index in [0.29, 0.717) is 11.6 Å². The van der Waals surface area contributed by atoms with Crippen molar-refractivity contribution in [2.24, 2.45) is 5.92 Å². The van der Waals surface area contributed by atoms with Crippen LogP contribution in [-0.2, 0) is 25.9 Å². The molecule has 0 saturated carbocycles. The molecule has 1 aliphatic heterocycles. The Labute approximate surface area is 152 Å². The second-order valence-corrected chi connectivity index (χ2v) is 8.61. The zero-order valence-corrected chi connectivity index (χ0v) is 15.7. The average molecular weight is 362 g/mol. The van der Waals surface area contributed by atoms with Crippen molar-refractivity contribution in [1.82, 2.24) is 24.9 Å². The molecule has 1 unspecified atom stereocenters. The Bertz CT molecular complexity index is 679. The summed E-state index contributed by atoms with van der Waals surface area (Å²) < 4.78 is 1.89. The fourth-order valence-electron chi connectivity index (χ4n) is 3.85. The van der Waals surface area contributed by atoms with E-state index in [-0.39, 0.29) is 0 Å². The van der Waals surface area contributed by atoms with Crippen LogP contribution in [0.3, 0.4) is 0 Å². The molecule has 1 aliphatic carbocycles. The minimum Gasteiger partial charge on any atom is -0.387 e. The van der Waals surface area contributed by atoms with Gasteiger partial charge in [0.15, 0.2) is 0 Å². The molecule has 25 heavy (non-hydrogen) atoms. The Kier molecular flexibility index (Phi) is 5.15. The number of thiazole rings is 1. The molecule has 1 fully saturated rings. The molecule has 1 saturated heterocycles. The first kappa shape index (κ1) is 17.1. The molecule has 2 aromatic rings. The summed E-state index contributed by atoms with van der Waals surface area (Å²) in [7, 11) is 0. The summed E-state index contributed by atoms with van der Waals surface area (Å²) in [6, 6.07) is 0. The van der Waals surface area contributed by atoms with Crippen molar-refractivity contribution >= 4 is 11.3 Å². The number of aliphatic hydroxyl groups excluding tert-OH is 1. The number of piperidine rings is 1. The van der Waals surface area contributed by atoms with E-state index in [9.17, 15) is 5.11 Å². The lowest BCUT2D eigenvalue weighted by Crippen LogP contribution is -2.34. The second kappa shape index (κ2) is 7.51. The molecule has 2 aliphatic rings. The third kappa shape index (κ3) is 4.10. The first-order valence-electron chi connectivity index (χ1n) is 9.45. The lowest BCUT2D eigenvalue weighted by molar-refractivity contribution is 0.164. The Morgan fingerprint density at radius 2 is 2.08 bits per heavy atom. The molecule has 7 heteroatoms. The number of aryl methyl sites for hydroxylation is 2. The van der Waals surface area contributed by atoms with Crippen molar-refractivity contribution in [3.63, 3.8) is 0 Å². The highest BCUT2D eigenvalue weighted by atomic mass is 32.1. The largest absolute Gasteiger partial charge is 0.387 e. The quantitative estimate of drug-likeness (QED) is 0.887. The van der Waals surface area contributed by atoms with Crippen LogP contribution in [0, 0.1) is 5.92 Å². The predicted molar refractivity (Wildman–Crippen MR) is 97.4 cm³/mol. The molecule has 0 spiro atoms. The van der Waals surface area contributed by atoms with Crippen molar-refractivity contribution < 1.29 is 5.11 Å². The van der Waals surface area contributed by atoms with Gasteiger partial charge < -0.3 is 5.11 Å². The summed E-state index contributed by atoms with van der Waals surface area (Å²) in [6.45, 7) is 5.90. The van der Waals surface area contributed by atoms with Crippen LogP contribution in [0.4, 0.5) is 0 Å². The first-order valence-corrected chi connectivity index (χ1v) is 10.3. The summed E-state index contributed by atoms with van der Waals surface area (Å²) in [5, 5.41) is 19.0. The molecule has 6 nitrogen and oxygen atoms in total. The number of aliphatic hydroxyl groups is 1. The summed E-state index contributed by atoms with van der Waals surface area (Å²) in [5.41, 5.74) is 2.03. The average Bonchev–Trinajstić information content (AvgIpc) is 3.23. The van der Waals surface area contributed by atoms with E-state index in [1.807, 2.05) is 22.2 Å². The summed E-state index contributed by atoms with van der Waals surface area (Å²) >= 11 is 1.94. The van der Waals surface area contributed by atoms with Crippen molar-refractivity contribution in [3.8, 4) is 0 Å². The van der Waals surface area contributed by atoms with E-state index >= 15 is 0 Å². The Hall–Kier alpha value is -1.31. The first-order chi connectivity index (χ1) is 12.2. The van der Waals surface area contributed by atoms with E-state index in [0.717, 1.165) is 26.2 Å². The SMILES string of the molecule is CC(O)c1cn(CC2CCN(Cc3nc4c(s3)CCCC4)CC2)nn1. The standard InChI is InChI=1S/C18H27N5OS/c1-13(24)16-11-23(21-20-16)10-14-6-8-22(9-7-14)12-18-19-15-4-2-3-5-17(15)25-18/h11,13-14,24H,2-10,12H2,1H3. The van der Waals surface area contributed by atoms with Crippen molar-refractivity contribution in [3.05, 3.63) is 27.5 Å². The number of hydrogen-bond acceptors (Lipinski definition) is 6. The summed E-state index contributed by atoms with van der Waals surface area (Å²) in [5.74, 6) is 0.643. The number of likely N-dealkylation sites (tertiary alicyclic amines) is 1. The third-order valence-electron chi connectivity index (χ3n) is 5.39. The molecular formula is C18H27N5OS. The van der Waals surface area contributed by atoms with Gasteiger partial charge in [-0.05, 0) is 64.5 Å². The van der Waals surface area contributed by atoms with Crippen molar-refractivity contribution in [1.29, 1.82) is 0 Å². The molecule has 136 valence electrons. The molecule has 1 atom stereocenters. The maximum absolute atomic E-state index is 9.55. The van der Waals surface area contributed by atoms with Gasteiger partial charge >= 0.3 is 0 Å². The molecule has 0 radical (unpaired) electrons. The molecule has 3 heterocycles. The molecule has 0 bridgehead atoms. The van der Waals surface area contributed by atoms with Crippen LogP contribution in [0.2, 0.25) is 0 Å². The van der Waals surface area contributed by atoms with Gasteiger partial charge in [-0.15, -0.1) is 16.4 Å². The highest BCUT2D eigenvalue weighted by Crippen LogP contribution is 2.28. The number of nitrogens with zero attached hydrogens (tertiary/aromatic N) is 5. The zero-order chi connectivity index (χ0) is 17.2. The van der Waals surface area contributed by atoms with Crippen LogP contribution < -0.4 is 0 Å². The highest BCUT2D eigenvalue weighted by Gasteiger charge is 2.22. The Morgan fingerprint density at radius 1 is 1.28 bits per heavy atom. The number of rotatable bonds is 5. The van der Waals surface area contributed by atoms with E-state index in [1.54, 1.807) is 6.92 Å². The van der Waals surface area contributed by atoms with Gasteiger partial charge in [-0.3, -0.25) is 9.58 Å². The fraction of sp³-hybridized carbons (Fsp3) is 0.722. The monoisotopic (exact) mass is 361 g/mol. The Balaban J connectivity index is 1.27. The lowest BCUT2D eigenvalue weighted by atomic mass is 9.97. The van der Waals surface area contributed by atoms with Crippen LogP contribution >= 0.6 is 11.3 Å². The normalized spacial score (nSPS) is 20.6. The van der Waals surface area contributed by atoms with E-state index in [1.165, 1.54) is 54.1 Å². The maximum Gasteiger partial charge on any atom is 0.111 e. The van der Waals surface area contributed by atoms with Crippen LogP contribution in [0.25, 0.3) is 0 Å². The van der Waals surface area contributed by atoms with Gasteiger partial charge in [0.25, 0.3) is 0 Å². The number of fused-ring (bicyclic) bond motifs is 1.